The molecule has 0 spiro atoms. The van der Waals surface area contributed by atoms with Crippen LogP contribution in [-0.4, -0.2) is 40.2 Å². The normalized spacial score (nSPS) is 24.1. The van der Waals surface area contributed by atoms with Gasteiger partial charge in [-0.25, -0.2) is 4.98 Å². The summed E-state index contributed by atoms with van der Waals surface area (Å²) in [5.74, 6) is -1.98. The Morgan fingerprint density at radius 1 is 1.48 bits per heavy atom. The van der Waals surface area contributed by atoms with Crippen LogP contribution < -0.4 is 0 Å². The number of halogens is 3. The molecule has 1 aliphatic rings. The van der Waals surface area contributed by atoms with E-state index in [1.54, 1.807) is 17.0 Å². The maximum atomic E-state index is 12.5. The van der Waals surface area contributed by atoms with E-state index in [1.165, 1.54) is 26.6 Å². The average Bonchev–Trinajstić information content (AvgIpc) is 3.00. The number of nitrogens with zero attached hydrogens (tertiary/aromatic N) is 2. The molecule has 0 N–H and O–H groups in total. The molecule has 116 valence electrons. The van der Waals surface area contributed by atoms with Gasteiger partial charge in [-0.15, -0.1) is 30.6 Å². The van der Waals surface area contributed by atoms with Crippen LogP contribution in [0, 0.1) is 0 Å². The second-order valence-corrected chi connectivity index (χ2v) is 5.30. The Hall–Kier alpha value is -0.850. The highest BCUT2D eigenvalue weighted by atomic mass is 35.5. The van der Waals surface area contributed by atoms with Gasteiger partial charge >= 0.3 is 0 Å². The van der Waals surface area contributed by atoms with E-state index in [1.807, 2.05) is 0 Å². The van der Waals surface area contributed by atoms with Crippen LogP contribution in [0.3, 0.4) is 0 Å². The highest BCUT2D eigenvalue weighted by Crippen LogP contribution is 2.53. The van der Waals surface area contributed by atoms with E-state index in [2.05, 4.69) is 11.6 Å². The number of Topliss-reactive ketones (excluding diaryl/α,β-unsaturated/α-hetero) is 1. The molecule has 1 heterocycles. The van der Waals surface area contributed by atoms with Gasteiger partial charge in [0.2, 0.25) is 11.6 Å². The highest BCUT2D eigenvalue weighted by Gasteiger charge is 2.66. The fraction of sp³-hybridized carbons (Fsp3) is 0.385. The van der Waals surface area contributed by atoms with Gasteiger partial charge < -0.3 is 14.0 Å². The number of rotatable bonds is 5. The Bertz CT molecular complexity index is 567. The van der Waals surface area contributed by atoms with Crippen molar-refractivity contribution in [1.29, 1.82) is 0 Å². The molecule has 0 aromatic carbocycles. The van der Waals surface area contributed by atoms with E-state index in [-0.39, 0.29) is 23.9 Å². The Morgan fingerprint density at radius 2 is 2.10 bits per heavy atom. The third-order valence-electron chi connectivity index (χ3n) is 3.36. The first kappa shape index (κ1) is 18.2. The summed E-state index contributed by atoms with van der Waals surface area (Å²) in [5.41, 5.74) is 0.309. The smallest absolute Gasteiger partial charge is 0.239 e. The van der Waals surface area contributed by atoms with Crippen LogP contribution in [-0.2, 0) is 14.3 Å². The summed E-state index contributed by atoms with van der Waals surface area (Å²) >= 11 is 12.7. The lowest BCUT2D eigenvalue weighted by atomic mass is 9.93. The first-order valence-electron chi connectivity index (χ1n) is 5.82. The van der Waals surface area contributed by atoms with Crippen LogP contribution in [0.4, 0.5) is 0 Å². The second kappa shape index (κ2) is 6.50. The number of carbonyl (C=O) groups excluding carboxylic acids is 1. The number of methoxy groups -OCH3 is 2. The lowest BCUT2D eigenvalue weighted by Gasteiger charge is -2.39. The Morgan fingerprint density at radius 3 is 2.52 bits per heavy atom. The molecular weight excluding hydrogens is 339 g/mol. The molecular formula is C13H15Cl3N2O3. The Balaban J connectivity index is 0.00000220. The maximum Gasteiger partial charge on any atom is 0.239 e. The molecule has 1 aromatic rings. The van der Waals surface area contributed by atoms with Crippen LogP contribution >= 0.6 is 35.6 Å². The van der Waals surface area contributed by atoms with Crippen LogP contribution in [0.15, 0.2) is 36.4 Å². The zero-order valence-electron chi connectivity index (χ0n) is 11.5. The molecule has 0 bridgehead atoms. The van der Waals surface area contributed by atoms with E-state index in [0.717, 1.165) is 0 Å². The van der Waals surface area contributed by atoms with Gasteiger partial charge in [-0.3, -0.25) is 4.79 Å². The van der Waals surface area contributed by atoms with Crippen LogP contribution in [0.25, 0.3) is 5.70 Å². The molecule has 1 aromatic heterocycles. The van der Waals surface area contributed by atoms with Crippen LogP contribution in [0.5, 0.6) is 0 Å². The quantitative estimate of drug-likeness (QED) is 0.464. The van der Waals surface area contributed by atoms with E-state index < -0.39 is 16.4 Å². The Kier molecular flexibility index (Phi) is 5.63. The van der Waals surface area contributed by atoms with E-state index in [4.69, 9.17) is 32.7 Å². The molecule has 21 heavy (non-hydrogen) atoms. The molecule has 0 amide bonds. The summed E-state index contributed by atoms with van der Waals surface area (Å²) < 4.78 is 12.5. The van der Waals surface area contributed by atoms with Crippen molar-refractivity contribution in [3.63, 3.8) is 0 Å². The minimum Gasteiger partial charge on any atom is -0.346 e. The molecule has 1 atom stereocenters. The van der Waals surface area contributed by atoms with Gasteiger partial charge in [0.15, 0.2) is 4.87 Å². The molecule has 5 nitrogen and oxygen atoms in total. The van der Waals surface area contributed by atoms with Gasteiger partial charge in [-0.2, -0.15) is 0 Å². The van der Waals surface area contributed by atoms with Crippen molar-refractivity contribution in [3.8, 4) is 0 Å². The predicted octanol–water partition coefficient (Wildman–Crippen LogP) is 2.84. The molecule has 0 radical (unpaired) electrons. The molecule has 8 heteroatoms. The lowest BCUT2D eigenvalue weighted by molar-refractivity contribution is -0.185. The number of ketones is 1. The zero-order valence-corrected chi connectivity index (χ0v) is 13.8. The predicted molar refractivity (Wildman–Crippen MR) is 83.7 cm³/mol. The van der Waals surface area contributed by atoms with E-state index in [0.29, 0.717) is 5.70 Å². The van der Waals surface area contributed by atoms with Crippen molar-refractivity contribution in [1.82, 2.24) is 9.55 Å². The summed E-state index contributed by atoms with van der Waals surface area (Å²) in [4.78, 5) is 14.9. The number of ether oxygens (including phenoxy) is 2. The summed E-state index contributed by atoms with van der Waals surface area (Å²) in [7, 11) is 2.81. The molecule has 0 aliphatic heterocycles. The minimum atomic E-state index is -1.52. The maximum absolute atomic E-state index is 12.5. The zero-order chi connectivity index (χ0) is 15.0. The second-order valence-electron chi connectivity index (χ2n) is 4.28. The summed E-state index contributed by atoms with van der Waals surface area (Å²) in [6.45, 7) is 3.62. The Labute approximate surface area is 138 Å². The number of hydrogen-bond donors (Lipinski definition) is 0. The average molecular weight is 354 g/mol. The van der Waals surface area contributed by atoms with Crippen molar-refractivity contribution in [2.24, 2.45) is 0 Å². The van der Waals surface area contributed by atoms with Gasteiger partial charge in [0.05, 0.1) is 6.33 Å². The fourth-order valence-electron chi connectivity index (χ4n) is 2.46. The van der Waals surface area contributed by atoms with E-state index in [9.17, 15) is 4.79 Å². The number of imidazole rings is 1. The first-order valence-corrected chi connectivity index (χ1v) is 6.57. The largest absolute Gasteiger partial charge is 0.346 e. The summed E-state index contributed by atoms with van der Waals surface area (Å²) in [6, 6.07) is 0. The number of alkyl halides is 1. The van der Waals surface area contributed by atoms with Crippen molar-refractivity contribution >= 4 is 47.1 Å². The van der Waals surface area contributed by atoms with Crippen molar-refractivity contribution in [2.45, 2.75) is 17.1 Å². The highest BCUT2D eigenvalue weighted by molar-refractivity contribution is 6.55. The number of allylic oxidation sites excluding steroid dienone is 2. The topological polar surface area (TPSA) is 53.4 Å². The summed E-state index contributed by atoms with van der Waals surface area (Å²) in [6.07, 6.45) is 6.35. The molecule has 0 saturated carbocycles. The third kappa shape index (κ3) is 2.33. The first-order chi connectivity index (χ1) is 9.48. The number of hydrogen-bond acceptors (Lipinski definition) is 4. The van der Waals surface area contributed by atoms with Crippen LogP contribution in [0.1, 0.15) is 6.42 Å². The summed E-state index contributed by atoms with van der Waals surface area (Å²) in [5, 5.41) is -0.0384. The van der Waals surface area contributed by atoms with Crippen molar-refractivity contribution < 1.29 is 14.3 Å². The third-order valence-corrected chi connectivity index (χ3v) is 4.29. The van der Waals surface area contributed by atoms with E-state index >= 15 is 0 Å². The molecule has 1 unspecified atom stereocenters. The van der Waals surface area contributed by atoms with Crippen molar-refractivity contribution in [3.05, 3.63) is 36.4 Å². The standard InChI is InChI=1S/C13H14Cl2N2O3.ClH/c1-4-5-12(15)11(18)9(14)10(13(12,19-2)20-3)17-7-6-16-8-17;/h4,6-8H,1,5H2,2-3H3;1H. The van der Waals surface area contributed by atoms with Crippen molar-refractivity contribution in [2.75, 3.05) is 14.2 Å². The SMILES string of the molecule is C=CCC1(Cl)C(=O)C(Cl)=C(n2ccnc2)C1(OC)OC.Cl. The van der Waals surface area contributed by atoms with Gasteiger partial charge in [-0.1, -0.05) is 17.7 Å². The fourth-order valence-corrected chi connectivity index (χ4v) is 3.34. The molecule has 0 saturated heterocycles. The molecule has 0 fully saturated rings. The minimum absolute atomic E-state index is 0. The number of aromatic nitrogens is 2. The van der Waals surface area contributed by atoms with Gasteiger partial charge in [0.25, 0.3) is 0 Å². The number of carbonyl (C=O) groups is 1. The van der Waals surface area contributed by atoms with Crippen LogP contribution in [0.2, 0.25) is 0 Å². The molecule has 1 aliphatic carbocycles. The molecule has 2 rings (SSSR count). The van der Waals surface area contributed by atoms with Gasteiger partial charge in [-0.05, 0) is 6.42 Å². The monoisotopic (exact) mass is 352 g/mol. The van der Waals surface area contributed by atoms with Gasteiger partial charge in [0, 0.05) is 26.6 Å². The lowest BCUT2D eigenvalue weighted by Crippen LogP contribution is -2.54. The van der Waals surface area contributed by atoms with Gasteiger partial charge in [0.1, 0.15) is 10.7 Å².